The van der Waals surface area contributed by atoms with Crippen LogP contribution in [-0.2, 0) is 0 Å². The average molecular weight is 231 g/mol. The highest BCUT2D eigenvalue weighted by Crippen LogP contribution is 2.31. The minimum atomic E-state index is -1.25. The predicted octanol–water partition coefficient (Wildman–Crippen LogP) is 2.15. The van der Waals surface area contributed by atoms with E-state index in [1.54, 1.807) is 11.4 Å². The van der Waals surface area contributed by atoms with Gasteiger partial charge in [-0.05, 0) is 11.4 Å². The van der Waals surface area contributed by atoms with Gasteiger partial charge < -0.3 is 9.52 Å². The number of rotatable bonds is 2. The maximum atomic E-state index is 10.4. The Kier molecular flexibility index (Phi) is 2.22. The fourth-order valence-electron chi connectivity index (χ4n) is 0.848. The summed E-state index contributed by atoms with van der Waals surface area (Å²) in [4.78, 5) is 11.0. The first-order valence-corrected chi connectivity index (χ1v) is 4.74. The summed E-state index contributed by atoms with van der Waals surface area (Å²) in [5, 5.41) is 17.7. The quantitative estimate of drug-likeness (QED) is 0.855. The van der Waals surface area contributed by atoms with Crippen LogP contribution in [-0.4, -0.2) is 21.3 Å². The minimum Gasteiger partial charge on any atom is -0.474 e. The third kappa shape index (κ3) is 1.49. The molecule has 0 aliphatic carbocycles. The number of aromatic nitrogens is 2. The Morgan fingerprint density at radius 2 is 2.36 bits per heavy atom. The number of halogens is 1. The van der Waals surface area contributed by atoms with Gasteiger partial charge in [0.25, 0.3) is 5.89 Å². The zero-order valence-electron chi connectivity index (χ0n) is 6.60. The summed E-state index contributed by atoms with van der Waals surface area (Å²) in [7, 11) is 0. The summed E-state index contributed by atoms with van der Waals surface area (Å²) in [5.74, 6) is -1.57. The lowest BCUT2D eigenvalue weighted by atomic mass is 10.5. The number of nitrogens with zero attached hydrogens (tertiary/aromatic N) is 2. The zero-order chi connectivity index (χ0) is 10.1. The molecule has 0 fully saturated rings. The summed E-state index contributed by atoms with van der Waals surface area (Å²) in [6.45, 7) is 0. The highest BCUT2D eigenvalue weighted by Gasteiger charge is 2.16. The van der Waals surface area contributed by atoms with Crippen LogP contribution in [0.3, 0.4) is 0 Å². The van der Waals surface area contributed by atoms with Gasteiger partial charge in [0.2, 0.25) is 0 Å². The molecule has 0 unspecified atom stereocenters. The first-order valence-electron chi connectivity index (χ1n) is 3.48. The van der Waals surface area contributed by atoms with E-state index in [2.05, 4.69) is 10.2 Å². The third-order valence-corrected chi connectivity index (χ3v) is 2.75. The number of carbonyl (C=O) groups is 1. The average Bonchev–Trinajstić information content (AvgIpc) is 2.71. The van der Waals surface area contributed by atoms with Crippen molar-refractivity contribution < 1.29 is 14.3 Å². The van der Waals surface area contributed by atoms with E-state index < -0.39 is 11.9 Å². The molecule has 0 atom stereocenters. The molecule has 0 aliphatic rings. The fourth-order valence-corrected chi connectivity index (χ4v) is 1.90. The molecular formula is C7H3ClN2O3S. The fraction of sp³-hybridized carbons (Fsp3) is 0. The number of hydrogen-bond acceptors (Lipinski definition) is 5. The molecule has 72 valence electrons. The minimum absolute atomic E-state index is 0.127. The molecule has 0 aliphatic heterocycles. The van der Waals surface area contributed by atoms with Crippen LogP contribution >= 0.6 is 22.9 Å². The van der Waals surface area contributed by atoms with Gasteiger partial charge in [0, 0.05) is 0 Å². The van der Waals surface area contributed by atoms with E-state index in [9.17, 15) is 4.79 Å². The zero-order valence-corrected chi connectivity index (χ0v) is 8.17. The Morgan fingerprint density at radius 1 is 1.57 bits per heavy atom. The number of carboxylic acids is 1. The molecule has 0 saturated carbocycles. The van der Waals surface area contributed by atoms with E-state index in [0.717, 1.165) is 0 Å². The van der Waals surface area contributed by atoms with E-state index in [1.165, 1.54) is 11.3 Å². The van der Waals surface area contributed by atoms with Crippen LogP contribution in [0.4, 0.5) is 0 Å². The van der Waals surface area contributed by atoms with Crippen LogP contribution < -0.4 is 0 Å². The van der Waals surface area contributed by atoms with Crippen LogP contribution in [0.25, 0.3) is 10.8 Å². The van der Waals surface area contributed by atoms with Crippen molar-refractivity contribution >= 4 is 28.9 Å². The van der Waals surface area contributed by atoms with E-state index in [0.29, 0.717) is 9.90 Å². The second kappa shape index (κ2) is 3.39. The first-order chi connectivity index (χ1) is 6.68. The lowest BCUT2D eigenvalue weighted by Crippen LogP contribution is -1.95. The molecule has 0 spiro atoms. The Hall–Kier alpha value is -1.40. The maximum absolute atomic E-state index is 10.4. The summed E-state index contributed by atoms with van der Waals surface area (Å²) < 4.78 is 4.87. The SMILES string of the molecule is O=C(O)c1nnc(-c2sccc2Cl)o1. The highest BCUT2D eigenvalue weighted by molar-refractivity contribution is 7.14. The third-order valence-electron chi connectivity index (χ3n) is 1.42. The van der Waals surface area contributed by atoms with Crippen LogP contribution in [0, 0.1) is 0 Å². The molecule has 7 heteroatoms. The number of aromatic carboxylic acids is 1. The van der Waals surface area contributed by atoms with Crippen LogP contribution in [0.1, 0.15) is 10.7 Å². The molecule has 0 bridgehead atoms. The normalized spacial score (nSPS) is 10.4. The molecule has 2 rings (SSSR count). The van der Waals surface area contributed by atoms with Gasteiger partial charge in [-0.2, -0.15) is 0 Å². The Balaban J connectivity index is 2.43. The standard InChI is InChI=1S/C7H3ClN2O3S/c8-3-1-2-14-4(3)5-9-10-6(13-5)7(11)12/h1-2H,(H,11,12). The van der Waals surface area contributed by atoms with Gasteiger partial charge in [0.1, 0.15) is 4.88 Å². The van der Waals surface area contributed by atoms with Gasteiger partial charge in [-0.1, -0.05) is 11.6 Å². The number of hydrogen-bond donors (Lipinski definition) is 1. The molecule has 5 nitrogen and oxygen atoms in total. The van der Waals surface area contributed by atoms with Crippen molar-refractivity contribution in [3.05, 3.63) is 22.4 Å². The summed E-state index contributed by atoms with van der Waals surface area (Å²) in [6, 6.07) is 1.67. The van der Waals surface area contributed by atoms with Crippen molar-refractivity contribution in [3.8, 4) is 10.8 Å². The maximum Gasteiger partial charge on any atom is 0.393 e. The second-order valence-electron chi connectivity index (χ2n) is 2.32. The van der Waals surface area contributed by atoms with Gasteiger partial charge >= 0.3 is 11.9 Å². The monoisotopic (exact) mass is 230 g/mol. The molecule has 0 saturated heterocycles. The molecule has 0 amide bonds. The molecule has 0 radical (unpaired) electrons. The summed E-state index contributed by atoms with van der Waals surface area (Å²) >= 11 is 7.10. The molecule has 14 heavy (non-hydrogen) atoms. The smallest absolute Gasteiger partial charge is 0.393 e. The first kappa shape index (κ1) is 9.17. The summed E-state index contributed by atoms with van der Waals surface area (Å²) in [6.07, 6.45) is 0. The molecule has 0 aromatic carbocycles. The molecule has 2 heterocycles. The Morgan fingerprint density at radius 3 is 2.86 bits per heavy atom. The summed E-state index contributed by atoms with van der Waals surface area (Å²) in [5.41, 5.74) is 0. The predicted molar refractivity (Wildman–Crippen MR) is 49.6 cm³/mol. The Bertz CT molecular complexity index is 479. The molecule has 2 aromatic heterocycles. The lowest BCUT2D eigenvalue weighted by Gasteiger charge is -1.87. The van der Waals surface area contributed by atoms with Crippen LogP contribution in [0.15, 0.2) is 15.9 Å². The molecular weight excluding hydrogens is 228 g/mol. The molecule has 2 aromatic rings. The van der Waals surface area contributed by atoms with Crippen LogP contribution in [0.5, 0.6) is 0 Å². The lowest BCUT2D eigenvalue weighted by molar-refractivity contribution is 0.0654. The largest absolute Gasteiger partial charge is 0.474 e. The van der Waals surface area contributed by atoms with Gasteiger partial charge in [0.05, 0.1) is 5.02 Å². The van der Waals surface area contributed by atoms with Crippen molar-refractivity contribution in [3.63, 3.8) is 0 Å². The number of carboxylic acid groups (broad SMARTS) is 1. The van der Waals surface area contributed by atoms with E-state index in [1.807, 2.05) is 0 Å². The van der Waals surface area contributed by atoms with Gasteiger partial charge in [-0.15, -0.1) is 21.5 Å². The van der Waals surface area contributed by atoms with Crippen LogP contribution in [0.2, 0.25) is 5.02 Å². The molecule has 1 N–H and O–H groups in total. The van der Waals surface area contributed by atoms with Gasteiger partial charge in [-0.25, -0.2) is 4.79 Å². The van der Waals surface area contributed by atoms with Crippen molar-refractivity contribution in [2.75, 3.05) is 0 Å². The number of thiophene rings is 1. The van der Waals surface area contributed by atoms with Crippen molar-refractivity contribution in [2.45, 2.75) is 0 Å². The van der Waals surface area contributed by atoms with Gasteiger partial charge in [-0.3, -0.25) is 0 Å². The highest BCUT2D eigenvalue weighted by atomic mass is 35.5. The van der Waals surface area contributed by atoms with E-state index in [4.69, 9.17) is 21.1 Å². The van der Waals surface area contributed by atoms with E-state index >= 15 is 0 Å². The topological polar surface area (TPSA) is 76.2 Å². The second-order valence-corrected chi connectivity index (χ2v) is 3.64. The van der Waals surface area contributed by atoms with Crippen molar-refractivity contribution in [1.29, 1.82) is 0 Å². The van der Waals surface area contributed by atoms with E-state index in [-0.39, 0.29) is 5.89 Å². The Labute approximate surface area is 87.0 Å². The van der Waals surface area contributed by atoms with Crippen molar-refractivity contribution in [1.82, 2.24) is 10.2 Å². The van der Waals surface area contributed by atoms with Gasteiger partial charge in [0.15, 0.2) is 0 Å². The van der Waals surface area contributed by atoms with Crippen molar-refractivity contribution in [2.24, 2.45) is 0 Å².